The molecule has 0 saturated heterocycles. The van der Waals surface area contributed by atoms with E-state index in [1.54, 1.807) is 24.3 Å². The Labute approximate surface area is 152 Å². The Morgan fingerprint density at radius 3 is 2.31 bits per heavy atom. The molecule has 0 aliphatic heterocycles. The van der Waals surface area contributed by atoms with Crippen LogP contribution in [0.1, 0.15) is 18.9 Å². The maximum atomic E-state index is 12.9. The average Bonchev–Trinajstić information content (AvgIpc) is 2.56. The summed E-state index contributed by atoms with van der Waals surface area (Å²) >= 11 is 0. The second-order valence-electron chi connectivity index (χ2n) is 6.05. The highest BCUT2D eigenvalue weighted by Gasteiger charge is 2.14. The van der Waals surface area contributed by atoms with E-state index in [4.69, 9.17) is 5.73 Å². The molecule has 1 atom stereocenters. The van der Waals surface area contributed by atoms with Crippen molar-refractivity contribution in [2.45, 2.75) is 30.7 Å². The highest BCUT2D eigenvalue weighted by molar-refractivity contribution is 7.92. The lowest BCUT2D eigenvalue weighted by Gasteiger charge is -2.10. The van der Waals surface area contributed by atoms with E-state index in [0.29, 0.717) is 18.7 Å². The predicted octanol–water partition coefficient (Wildman–Crippen LogP) is 2.02. The van der Waals surface area contributed by atoms with Gasteiger partial charge in [-0.15, -0.1) is 0 Å². The summed E-state index contributed by atoms with van der Waals surface area (Å²) in [6, 6.07) is 11.1. The zero-order valence-electron chi connectivity index (χ0n) is 14.4. The Kier molecular flexibility index (Phi) is 6.70. The van der Waals surface area contributed by atoms with Gasteiger partial charge in [-0.3, -0.25) is 9.52 Å². The molecule has 2 aromatic carbocycles. The van der Waals surface area contributed by atoms with Crippen molar-refractivity contribution >= 4 is 21.6 Å². The van der Waals surface area contributed by atoms with Crippen molar-refractivity contribution in [3.05, 3.63) is 59.9 Å². The number of rotatable bonds is 8. The number of anilines is 1. The standard InChI is InChI=1S/C18H22FN3O3S/c1-13(20)10-11-21-18(23)12-14-2-6-16(7-3-14)22-26(24,25)17-8-4-15(19)5-9-17/h2-9,13,22H,10-12,20H2,1H3,(H,21,23). The lowest BCUT2D eigenvalue weighted by atomic mass is 10.1. The summed E-state index contributed by atoms with van der Waals surface area (Å²) < 4.78 is 39.8. The van der Waals surface area contributed by atoms with Crippen LogP contribution in [0.4, 0.5) is 10.1 Å². The molecule has 4 N–H and O–H groups in total. The Morgan fingerprint density at radius 2 is 1.73 bits per heavy atom. The van der Waals surface area contributed by atoms with E-state index < -0.39 is 15.8 Å². The smallest absolute Gasteiger partial charge is 0.261 e. The first kappa shape index (κ1) is 19.9. The number of halogens is 1. The van der Waals surface area contributed by atoms with Gasteiger partial charge in [-0.25, -0.2) is 12.8 Å². The molecule has 26 heavy (non-hydrogen) atoms. The summed E-state index contributed by atoms with van der Waals surface area (Å²) in [6.07, 6.45) is 0.903. The second kappa shape index (κ2) is 8.77. The van der Waals surface area contributed by atoms with Crippen molar-refractivity contribution in [2.75, 3.05) is 11.3 Å². The number of sulfonamides is 1. The van der Waals surface area contributed by atoms with E-state index >= 15 is 0 Å². The van der Waals surface area contributed by atoms with E-state index in [1.165, 1.54) is 12.1 Å². The van der Waals surface area contributed by atoms with E-state index in [1.807, 2.05) is 6.92 Å². The number of nitrogens with two attached hydrogens (primary N) is 1. The van der Waals surface area contributed by atoms with Crippen LogP contribution in [0.2, 0.25) is 0 Å². The highest BCUT2D eigenvalue weighted by atomic mass is 32.2. The van der Waals surface area contributed by atoms with Crippen LogP contribution in [0.25, 0.3) is 0 Å². The number of amides is 1. The zero-order valence-corrected chi connectivity index (χ0v) is 15.2. The van der Waals surface area contributed by atoms with Crippen molar-refractivity contribution in [1.29, 1.82) is 0 Å². The zero-order chi connectivity index (χ0) is 19.2. The van der Waals surface area contributed by atoms with E-state index in [2.05, 4.69) is 10.0 Å². The molecule has 140 valence electrons. The first-order valence-corrected chi connectivity index (χ1v) is 9.64. The van der Waals surface area contributed by atoms with Gasteiger partial charge in [0, 0.05) is 18.3 Å². The predicted molar refractivity (Wildman–Crippen MR) is 98.6 cm³/mol. The fraction of sp³-hybridized carbons (Fsp3) is 0.278. The number of hydrogen-bond acceptors (Lipinski definition) is 4. The van der Waals surface area contributed by atoms with Gasteiger partial charge in [0.1, 0.15) is 5.82 Å². The van der Waals surface area contributed by atoms with Crippen LogP contribution in [0, 0.1) is 5.82 Å². The minimum Gasteiger partial charge on any atom is -0.356 e. The molecule has 2 aromatic rings. The Bertz CT molecular complexity index is 835. The quantitative estimate of drug-likeness (QED) is 0.653. The highest BCUT2D eigenvalue weighted by Crippen LogP contribution is 2.17. The van der Waals surface area contributed by atoms with Crippen molar-refractivity contribution in [2.24, 2.45) is 5.73 Å². The summed E-state index contributed by atoms with van der Waals surface area (Å²) in [7, 11) is -3.79. The van der Waals surface area contributed by atoms with Crippen LogP contribution in [-0.2, 0) is 21.2 Å². The first-order chi connectivity index (χ1) is 12.3. The van der Waals surface area contributed by atoms with Crippen LogP contribution in [0.3, 0.4) is 0 Å². The summed E-state index contributed by atoms with van der Waals surface area (Å²) in [6.45, 7) is 2.39. The molecule has 0 spiro atoms. The van der Waals surface area contributed by atoms with Crippen molar-refractivity contribution in [1.82, 2.24) is 5.32 Å². The number of carbonyl (C=O) groups excluding carboxylic acids is 1. The van der Waals surface area contributed by atoms with E-state index in [0.717, 1.165) is 17.7 Å². The maximum Gasteiger partial charge on any atom is 0.261 e. The number of hydrogen-bond donors (Lipinski definition) is 3. The molecule has 0 radical (unpaired) electrons. The van der Waals surface area contributed by atoms with Crippen LogP contribution in [-0.4, -0.2) is 26.9 Å². The maximum absolute atomic E-state index is 12.9. The third-order valence-electron chi connectivity index (χ3n) is 3.62. The minimum absolute atomic E-state index is 0.0310. The number of nitrogens with one attached hydrogen (secondary N) is 2. The monoisotopic (exact) mass is 379 g/mol. The molecular formula is C18H22FN3O3S. The summed E-state index contributed by atoms with van der Waals surface area (Å²) in [4.78, 5) is 11.8. The summed E-state index contributed by atoms with van der Waals surface area (Å²) in [5.74, 6) is -0.627. The molecule has 0 bridgehead atoms. The molecule has 0 aromatic heterocycles. The second-order valence-corrected chi connectivity index (χ2v) is 7.73. The fourth-order valence-electron chi connectivity index (χ4n) is 2.21. The minimum atomic E-state index is -3.79. The van der Waals surface area contributed by atoms with Gasteiger partial charge in [0.15, 0.2) is 0 Å². The Hall–Kier alpha value is -2.45. The molecule has 1 unspecified atom stereocenters. The van der Waals surface area contributed by atoms with Gasteiger partial charge in [0.25, 0.3) is 10.0 Å². The van der Waals surface area contributed by atoms with Gasteiger partial charge < -0.3 is 11.1 Å². The third kappa shape index (κ3) is 6.12. The van der Waals surface area contributed by atoms with Gasteiger partial charge in [-0.2, -0.15) is 0 Å². The molecule has 0 aliphatic carbocycles. The van der Waals surface area contributed by atoms with Crippen LogP contribution >= 0.6 is 0 Å². The summed E-state index contributed by atoms with van der Waals surface area (Å²) in [5.41, 5.74) is 6.74. The topological polar surface area (TPSA) is 101 Å². The molecule has 0 aliphatic rings. The van der Waals surface area contributed by atoms with Crippen LogP contribution in [0.15, 0.2) is 53.4 Å². The Balaban J connectivity index is 1.94. The van der Waals surface area contributed by atoms with E-state index in [-0.39, 0.29) is 23.3 Å². The van der Waals surface area contributed by atoms with Gasteiger partial charge >= 0.3 is 0 Å². The van der Waals surface area contributed by atoms with Crippen molar-refractivity contribution in [3.63, 3.8) is 0 Å². The molecular weight excluding hydrogens is 357 g/mol. The first-order valence-electron chi connectivity index (χ1n) is 8.16. The molecule has 2 rings (SSSR count). The third-order valence-corrected chi connectivity index (χ3v) is 5.01. The normalized spacial score (nSPS) is 12.4. The number of carbonyl (C=O) groups is 1. The average molecular weight is 379 g/mol. The van der Waals surface area contributed by atoms with Gasteiger partial charge in [-0.1, -0.05) is 12.1 Å². The van der Waals surface area contributed by atoms with Gasteiger partial charge in [-0.05, 0) is 55.3 Å². The van der Waals surface area contributed by atoms with Crippen LogP contribution < -0.4 is 15.8 Å². The number of benzene rings is 2. The molecule has 0 heterocycles. The largest absolute Gasteiger partial charge is 0.356 e. The van der Waals surface area contributed by atoms with Crippen molar-refractivity contribution in [3.8, 4) is 0 Å². The Morgan fingerprint density at radius 1 is 1.12 bits per heavy atom. The van der Waals surface area contributed by atoms with Crippen molar-refractivity contribution < 1.29 is 17.6 Å². The molecule has 0 fully saturated rings. The van der Waals surface area contributed by atoms with Gasteiger partial charge in [0.05, 0.1) is 11.3 Å². The van der Waals surface area contributed by atoms with Crippen LogP contribution in [0.5, 0.6) is 0 Å². The fourth-order valence-corrected chi connectivity index (χ4v) is 3.26. The lowest BCUT2D eigenvalue weighted by molar-refractivity contribution is -0.120. The molecule has 0 saturated carbocycles. The van der Waals surface area contributed by atoms with Gasteiger partial charge in [0.2, 0.25) is 5.91 Å². The van der Waals surface area contributed by atoms with E-state index in [9.17, 15) is 17.6 Å². The molecule has 1 amide bonds. The lowest BCUT2D eigenvalue weighted by Crippen LogP contribution is -2.30. The SMILES string of the molecule is CC(N)CCNC(=O)Cc1ccc(NS(=O)(=O)c2ccc(F)cc2)cc1. The molecule has 6 nitrogen and oxygen atoms in total. The molecule has 8 heteroatoms. The summed E-state index contributed by atoms with van der Waals surface area (Å²) in [5, 5.41) is 2.78.